The summed E-state index contributed by atoms with van der Waals surface area (Å²) < 4.78 is 91.2. The largest absolute Gasteiger partial charge is 0.480 e. The molecule has 8 fully saturated rings. The van der Waals surface area contributed by atoms with Crippen molar-refractivity contribution in [2.45, 2.75) is 250 Å². The van der Waals surface area contributed by atoms with E-state index in [1.165, 1.54) is 28.4 Å². The van der Waals surface area contributed by atoms with Crippen LogP contribution in [0.4, 0.5) is 52.9 Å². The second kappa shape index (κ2) is 36.5. The van der Waals surface area contributed by atoms with E-state index in [1.807, 2.05) is 137 Å². The van der Waals surface area contributed by atoms with E-state index in [1.54, 1.807) is 74.8 Å². The number of alkyl carbamates (subject to hydrolysis) is 4. The number of benzene rings is 6. The summed E-state index contributed by atoms with van der Waals surface area (Å²) >= 11 is 0. The zero-order valence-corrected chi connectivity index (χ0v) is 80.6. The maximum atomic E-state index is 16.7. The van der Waals surface area contributed by atoms with Crippen molar-refractivity contribution in [3.8, 4) is 55.8 Å². The van der Waals surface area contributed by atoms with Crippen LogP contribution >= 0.6 is 0 Å². The number of imidazole rings is 1. The zero-order chi connectivity index (χ0) is 98.2. The van der Waals surface area contributed by atoms with E-state index in [0.717, 1.165) is 133 Å². The number of alkyl halides is 4. The third kappa shape index (κ3) is 18.0. The van der Waals surface area contributed by atoms with Crippen LogP contribution in [0.1, 0.15) is 210 Å². The number of halogens is 4. The highest BCUT2D eigenvalue weighted by molar-refractivity contribution is 6.06. The number of aliphatic carboxylic acids is 1. The number of aliphatic imine (C=N–C) groups is 3. The lowest BCUT2D eigenvalue weighted by Crippen LogP contribution is -2.57. The minimum Gasteiger partial charge on any atom is -0.480 e. The summed E-state index contributed by atoms with van der Waals surface area (Å²) in [7, 11) is 5.03. The first-order valence-electron chi connectivity index (χ1n) is 48.2. The Hall–Kier alpha value is -12.8. The Morgan fingerprint density at radius 1 is 0.464 bits per heavy atom. The fourth-order valence-corrected chi connectivity index (χ4v) is 23.0. The molecule has 7 aliphatic heterocycles. The summed E-state index contributed by atoms with van der Waals surface area (Å²) in [5.74, 6) is -7.42. The van der Waals surface area contributed by atoms with Crippen LogP contribution in [-0.4, -0.2) is 207 Å². The van der Waals surface area contributed by atoms with E-state index >= 15 is 17.6 Å². The van der Waals surface area contributed by atoms with E-state index in [0.29, 0.717) is 94.3 Å². The van der Waals surface area contributed by atoms with Gasteiger partial charge in [-0.1, -0.05) is 116 Å². The number of hydrogen-bond acceptors (Lipinski definition) is 18. The van der Waals surface area contributed by atoms with Crippen LogP contribution in [0.5, 0.6) is 0 Å². The Balaban J connectivity index is 0.000000164. The van der Waals surface area contributed by atoms with Gasteiger partial charge in [-0.2, -0.15) is 17.6 Å². The lowest BCUT2D eigenvalue weighted by Gasteiger charge is -2.38. The molecule has 8 amide bonds. The number of likely N-dealkylation sites (tertiary alicyclic amines) is 4. The Labute approximate surface area is 799 Å². The number of carbonyl (C=O) groups excluding carboxylic acids is 8. The first-order chi connectivity index (χ1) is 65.6. The number of H-pyrrole nitrogens is 1. The number of piperidine rings is 2. The first kappa shape index (κ1) is 95.5. The topological polar surface area (TPSA) is 347 Å². The molecule has 4 saturated carbocycles. The van der Waals surface area contributed by atoms with Gasteiger partial charge in [-0.3, -0.25) is 34.3 Å². The number of methoxy groups -OCH3 is 4. The van der Waals surface area contributed by atoms with Crippen LogP contribution in [0.2, 0.25) is 0 Å². The van der Waals surface area contributed by atoms with Crippen molar-refractivity contribution < 1.29 is 89.5 Å². The predicted molar refractivity (Wildman–Crippen MR) is 511 cm³/mol. The van der Waals surface area contributed by atoms with E-state index in [9.17, 15) is 43.2 Å². The standard InChI is InChI=1S/C51H56F2N6O6.C48H52F2N6O5.C7H13NO4/c1-26(2)43(56-48(62)64-5)46(60)58-25-50(15-16-50)23-42(58)40-22-33(24-54-40)30-9-13-36-35-12-8-29(19-37(35)51(52,53)38(36)20-30)28-10-14-39-32(17-28)21-41(55-39)45-31-7-11-34(18-31)59(45)47(61)44(27(3)4)57-49(63)65-6;1-25(2)40(54-44(58)60-6)43(57)55-24-47(15-16-47)22-39(55)42-51-23-38(53-42)28-9-13-33-32-12-8-27(19-34(32)48(49,50)35(33)20-28)26-10-14-36-30(17-26)21-37(52-36)41-29-7-11-31(18-29)56(41)45(59)61-46(3,4)5;1-4(2)5(6(9)10)8-7(11)12-3/h8-10,12-14,17,19-20,24,26-27,31,34,42-45H,7,11,15-16,18,21-23,25H2,1-6H3,(H,56,62)(H,57,63);8-10,12-14,17,19-20,23,25,29,31,39-41H,7,11,15-16,18,21-22,24H2,1-6H3,(H,51,53)(H,54,58);4-5H,1-3H3,(H,8,11)(H,9,10)/t31-,34+,42-,43-,44-,45-;29-,31+,39-,40-,41-;5-/m000/s1. The average molecular weight is 1890 g/mol. The molecule has 20 rings (SSSR count). The molecule has 7 aromatic rings. The van der Waals surface area contributed by atoms with Gasteiger partial charge in [0.2, 0.25) is 17.7 Å². The summed E-state index contributed by atoms with van der Waals surface area (Å²) in [6, 6.07) is 29.1. The van der Waals surface area contributed by atoms with Crippen molar-refractivity contribution in [2.75, 3.05) is 41.5 Å². The summed E-state index contributed by atoms with van der Waals surface area (Å²) in [5.41, 5.74) is 13.4. The zero-order valence-electron chi connectivity index (χ0n) is 80.6. The number of amides is 8. The number of rotatable bonds is 20. The number of allylic oxidation sites excluding steroid dienone is 1. The van der Waals surface area contributed by atoms with Gasteiger partial charge in [0, 0.05) is 95.6 Å². The van der Waals surface area contributed by atoms with Gasteiger partial charge < -0.3 is 69.7 Å². The molecule has 28 nitrogen and oxygen atoms in total. The number of fused-ring (bicyclic) bond motifs is 12. The molecular weight excluding hydrogens is 1770 g/mol. The Morgan fingerprint density at radius 2 is 0.848 bits per heavy atom. The van der Waals surface area contributed by atoms with Crippen LogP contribution in [0.25, 0.3) is 61.3 Å². The SMILES string of the molecule is COC(=O)N[C@H](C(=O)N1CC2(CC2)C[C@H]1C1=NC=C(c2ccc3c(c2)C(F)(F)c2cc(-c4ccc5c(c4)CC([C@@H]4[C@H]6CC[C@H](C6)N4C(=O)[C@@H](NC(=O)OC)C(C)C)=N5)ccc2-3)C1)C(C)C.COC(=O)N[C@H](C(=O)N1CC2(CC2)C[C@H]1c1ncc(-c2ccc3c(c2)C(F)(F)c2cc(-c4ccc5c(c4)CC([C@@H]4[C@H]6CC[C@H](C6)N4C(=O)OC(C)(C)C)=N5)ccc2-3)[nH]1)C(C)C.COC(=O)N[C@H](C(=O)O)C(C)C. The van der Waals surface area contributed by atoms with Crippen molar-refractivity contribution in [2.24, 2.45) is 61.3 Å². The molecule has 0 unspecified atom stereocenters. The molecule has 6 aliphatic carbocycles. The highest BCUT2D eigenvalue weighted by Gasteiger charge is 2.59. The second-order valence-corrected chi connectivity index (χ2v) is 42.2. The predicted octanol–water partition coefficient (Wildman–Crippen LogP) is 19.0. The molecular formula is C106H121F4N13O15. The molecule has 13 aliphatic rings. The summed E-state index contributed by atoms with van der Waals surface area (Å²) in [6.07, 6.45) is 13.5. The van der Waals surface area contributed by atoms with Gasteiger partial charge >= 0.3 is 36.4 Å². The van der Waals surface area contributed by atoms with Crippen LogP contribution in [0, 0.1) is 46.3 Å². The number of hydrogen-bond donors (Lipinski definition) is 6. The molecule has 1 aromatic heterocycles. The minimum atomic E-state index is -3.25. The molecule has 4 saturated heterocycles. The number of aromatic nitrogens is 2. The first-order valence-corrected chi connectivity index (χ1v) is 48.2. The van der Waals surface area contributed by atoms with E-state index < -0.39 is 72.0 Å². The van der Waals surface area contributed by atoms with Crippen molar-refractivity contribution in [1.82, 2.24) is 50.8 Å². The number of nitrogens with zero attached hydrogens (tertiary/aromatic N) is 8. The molecule has 12 atom stereocenters. The Bertz CT molecular complexity index is 6240. The number of nitrogens with one attached hydrogen (secondary N) is 5. The van der Waals surface area contributed by atoms with Crippen LogP contribution in [-0.2, 0) is 67.5 Å². The third-order valence-electron chi connectivity index (χ3n) is 30.6. The summed E-state index contributed by atoms with van der Waals surface area (Å²) in [4.78, 5) is 144. The highest BCUT2D eigenvalue weighted by Crippen LogP contribution is 2.61. The lowest BCUT2D eigenvalue weighted by atomic mass is 9.90. The fraction of sp³-hybridized carbons (Fsp3) is 0.500. The molecule has 6 N–H and O–H groups in total. The number of carboxylic acid groups (broad SMARTS) is 1. The smallest absolute Gasteiger partial charge is 0.411 e. The normalized spacial score (nSPS) is 23.3. The molecule has 32 heteroatoms. The maximum Gasteiger partial charge on any atom is 0.411 e. The van der Waals surface area contributed by atoms with Gasteiger partial charge in [0.05, 0.1) is 75.9 Å². The van der Waals surface area contributed by atoms with Crippen molar-refractivity contribution in [3.05, 3.63) is 166 Å². The van der Waals surface area contributed by atoms with Crippen LogP contribution in [0.15, 0.2) is 137 Å². The van der Waals surface area contributed by atoms with E-state index in [-0.39, 0.29) is 123 Å². The van der Waals surface area contributed by atoms with Gasteiger partial charge in [0.25, 0.3) is 11.8 Å². The second-order valence-electron chi connectivity index (χ2n) is 42.2. The third-order valence-corrected chi connectivity index (χ3v) is 30.6. The molecule has 6 aromatic carbocycles. The Kier molecular flexibility index (Phi) is 25.3. The van der Waals surface area contributed by atoms with Gasteiger partial charge in [-0.25, -0.2) is 33.8 Å². The van der Waals surface area contributed by atoms with Gasteiger partial charge in [-0.05, 0) is 259 Å². The fourth-order valence-electron chi connectivity index (χ4n) is 23.0. The highest BCUT2D eigenvalue weighted by atomic mass is 19.3. The van der Waals surface area contributed by atoms with Gasteiger partial charge in [0.1, 0.15) is 35.6 Å². The molecule has 8 heterocycles. The molecule has 728 valence electrons. The summed E-state index contributed by atoms with van der Waals surface area (Å²) in [5, 5.41) is 19.0. The number of ether oxygens (including phenoxy) is 5. The van der Waals surface area contributed by atoms with Crippen molar-refractivity contribution in [3.63, 3.8) is 0 Å². The van der Waals surface area contributed by atoms with Gasteiger partial charge in [0.15, 0.2) is 0 Å². The quantitative estimate of drug-likeness (QED) is 0.0305. The van der Waals surface area contributed by atoms with E-state index in [4.69, 9.17) is 44.0 Å². The monoisotopic (exact) mass is 1890 g/mol. The van der Waals surface area contributed by atoms with E-state index in [2.05, 4.69) is 37.1 Å². The molecule has 4 bridgehead atoms. The average Bonchev–Trinajstić information content (AvgIpc) is 1.58. The minimum absolute atomic E-state index is 0.0250. The molecule has 0 radical (unpaired) electrons. The van der Waals surface area contributed by atoms with Gasteiger partial charge in [-0.15, -0.1) is 0 Å². The number of carbonyl (C=O) groups is 9. The summed E-state index contributed by atoms with van der Waals surface area (Å²) in [6.45, 7) is 21.6. The lowest BCUT2D eigenvalue weighted by molar-refractivity contribution is -0.140. The van der Waals surface area contributed by atoms with Crippen molar-refractivity contribution in [1.29, 1.82) is 0 Å². The molecule has 2 spiro atoms. The Morgan fingerprint density at radius 3 is 1.28 bits per heavy atom. The van der Waals surface area contributed by atoms with Crippen molar-refractivity contribution >= 4 is 88.2 Å². The van der Waals surface area contributed by atoms with Crippen LogP contribution < -0.4 is 21.3 Å². The number of aromatic amines is 1. The number of carboxylic acids is 1. The van der Waals surface area contributed by atoms with Crippen LogP contribution in [0.3, 0.4) is 0 Å². The molecule has 138 heavy (non-hydrogen) atoms. The maximum absolute atomic E-state index is 16.7.